The number of hydrogen-bond donors (Lipinski definition) is 0. The third-order valence-electron chi connectivity index (χ3n) is 6.00. The molecule has 1 fully saturated rings. The Morgan fingerprint density at radius 2 is 1.90 bits per heavy atom. The molecule has 3 aromatic rings. The smallest absolute Gasteiger partial charge is 0.265 e. The summed E-state index contributed by atoms with van der Waals surface area (Å²) < 4.78 is 3.41. The van der Waals surface area contributed by atoms with Crippen LogP contribution in [-0.2, 0) is 4.79 Å². The van der Waals surface area contributed by atoms with Gasteiger partial charge in [0.1, 0.15) is 5.39 Å². The number of piperidine rings is 1. The van der Waals surface area contributed by atoms with Crippen LogP contribution in [0.5, 0.6) is 0 Å². The van der Waals surface area contributed by atoms with Crippen LogP contribution in [0.15, 0.2) is 46.5 Å². The number of para-hydroxylation sites is 1. The van der Waals surface area contributed by atoms with Gasteiger partial charge in [-0.2, -0.15) is 5.10 Å². The number of carbonyl (C=O) groups excluding carboxylic acids is 1. The Morgan fingerprint density at radius 1 is 1.17 bits per heavy atom. The van der Waals surface area contributed by atoms with Crippen molar-refractivity contribution in [2.24, 2.45) is 11.8 Å². The van der Waals surface area contributed by atoms with Gasteiger partial charge in [0, 0.05) is 25.3 Å². The Hall–Kier alpha value is -2.61. The third kappa shape index (κ3) is 3.33. The molecule has 5 rings (SSSR count). The van der Waals surface area contributed by atoms with Gasteiger partial charge in [0.15, 0.2) is 10.8 Å². The summed E-state index contributed by atoms with van der Waals surface area (Å²) in [7, 11) is 0. The number of nitrogens with zero attached hydrogens (tertiary/aromatic N) is 5. The third-order valence-corrected chi connectivity index (χ3v) is 7.10. The molecule has 2 aromatic heterocycles. The Balaban J connectivity index is 1.45. The van der Waals surface area contributed by atoms with Crippen LogP contribution in [0.2, 0.25) is 0 Å². The maximum absolute atomic E-state index is 13.3. The molecule has 0 bridgehead atoms. The molecular formula is C22H25N5O2S. The lowest BCUT2D eigenvalue weighted by Crippen LogP contribution is -2.43. The number of benzene rings is 1. The zero-order valence-corrected chi connectivity index (χ0v) is 18.0. The lowest BCUT2D eigenvalue weighted by molar-refractivity contribution is -0.134. The topological polar surface area (TPSA) is 73.0 Å². The van der Waals surface area contributed by atoms with Crippen LogP contribution in [0.25, 0.3) is 16.7 Å². The van der Waals surface area contributed by atoms with Crippen molar-refractivity contribution in [3.05, 3.63) is 46.9 Å². The maximum Gasteiger partial charge on any atom is 0.265 e. The fourth-order valence-electron chi connectivity index (χ4n) is 4.74. The van der Waals surface area contributed by atoms with Gasteiger partial charge in [-0.05, 0) is 30.4 Å². The van der Waals surface area contributed by atoms with Crippen LogP contribution in [0.3, 0.4) is 0 Å². The average Bonchev–Trinajstić information content (AvgIpc) is 3.33. The van der Waals surface area contributed by atoms with E-state index in [0.29, 0.717) is 40.2 Å². The Kier molecular flexibility index (Phi) is 4.89. The number of thioether (sulfide) groups is 1. The number of fused-ring (bicyclic) bond motifs is 2. The van der Waals surface area contributed by atoms with Gasteiger partial charge in [-0.25, -0.2) is 9.67 Å². The van der Waals surface area contributed by atoms with E-state index in [0.717, 1.165) is 18.8 Å². The van der Waals surface area contributed by atoms with Crippen molar-refractivity contribution in [2.45, 2.75) is 37.9 Å². The molecule has 4 heterocycles. The van der Waals surface area contributed by atoms with E-state index in [4.69, 9.17) is 4.98 Å². The minimum absolute atomic E-state index is 0.111. The van der Waals surface area contributed by atoms with Crippen LogP contribution >= 0.6 is 11.8 Å². The van der Waals surface area contributed by atoms with Gasteiger partial charge in [-0.15, -0.1) is 0 Å². The fraction of sp³-hybridized carbons (Fsp3) is 0.455. The van der Waals surface area contributed by atoms with Crippen molar-refractivity contribution in [3.8, 4) is 5.69 Å². The highest BCUT2D eigenvalue weighted by atomic mass is 32.2. The molecule has 3 atom stereocenters. The second-order valence-electron chi connectivity index (χ2n) is 8.61. The molecule has 0 saturated carbocycles. The van der Waals surface area contributed by atoms with Gasteiger partial charge < -0.3 is 4.90 Å². The Labute approximate surface area is 179 Å². The number of amides is 1. The monoisotopic (exact) mass is 423 g/mol. The summed E-state index contributed by atoms with van der Waals surface area (Å²) in [6.07, 6.45) is 3.10. The first-order chi connectivity index (χ1) is 14.5. The van der Waals surface area contributed by atoms with Gasteiger partial charge in [-0.3, -0.25) is 14.2 Å². The summed E-state index contributed by atoms with van der Waals surface area (Å²) in [6.45, 7) is 6.02. The first kappa shape index (κ1) is 19.4. The van der Waals surface area contributed by atoms with Gasteiger partial charge in [0.05, 0.1) is 17.9 Å². The van der Waals surface area contributed by atoms with Gasteiger partial charge in [0.25, 0.3) is 5.56 Å². The highest BCUT2D eigenvalue weighted by Crippen LogP contribution is 2.34. The zero-order chi connectivity index (χ0) is 20.8. The summed E-state index contributed by atoms with van der Waals surface area (Å²) in [5, 5.41) is 5.56. The van der Waals surface area contributed by atoms with E-state index in [1.54, 1.807) is 27.2 Å². The second kappa shape index (κ2) is 7.58. The van der Waals surface area contributed by atoms with E-state index < -0.39 is 0 Å². The largest absolute Gasteiger partial charge is 0.342 e. The molecule has 30 heavy (non-hydrogen) atoms. The normalized spacial score (nSPS) is 23.7. The number of rotatable bonds is 3. The average molecular weight is 424 g/mol. The molecule has 156 valence electrons. The van der Waals surface area contributed by atoms with Crippen molar-refractivity contribution >= 4 is 28.7 Å². The molecule has 0 radical (unpaired) electrons. The summed E-state index contributed by atoms with van der Waals surface area (Å²) in [5.74, 6) is 1.88. The number of carbonyl (C=O) groups is 1. The van der Waals surface area contributed by atoms with Crippen molar-refractivity contribution in [1.82, 2.24) is 24.2 Å². The summed E-state index contributed by atoms with van der Waals surface area (Å²) in [5.41, 5.74) is 1.32. The van der Waals surface area contributed by atoms with E-state index in [-0.39, 0.29) is 17.5 Å². The molecular weight excluding hydrogens is 398 g/mol. The molecule has 7 nitrogen and oxygen atoms in total. The molecule has 3 unspecified atom stereocenters. The van der Waals surface area contributed by atoms with Crippen LogP contribution in [0.1, 0.15) is 32.7 Å². The lowest BCUT2D eigenvalue weighted by Gasteiger charge is -2.35. The second-order valence-corrected chi connectivity index (χ2v) is 9.60. The van der Waals surface area contributed by atoms with E-state index in [2.05, 4.69) is 18.9 Å². The van der Waals surface area contributed by atoms with Crippen LogP contribution < -0.4 is 5.56 Å². The summed E-state index contributed by atoms with van der Waals surface area (Å²) >= 11 is 1.54. The van der Waals surface area contributed by atoms with Crippen molar-refractivity contribution < 1.29 is 4.79 Å². The number of likely N-dealkylation sites (tertiary alicyclic amines) is 1. The molecule has 2 aliphatic rings. The maximum atomic E-state index is 13.3. The predicted molar refractivity (Wildman–Crippen MR) is 117 cm³/mol. The molecule has 0 spiro atoms. The van der Waals surface area contributed by atoms with E-state index in [1.807, 2.05) is 35.2 Å². The van der Waals surface area contributed by atoms with Gasteiger partial charge in [0.2, 0.25) is 5.91 Å². The minimum Gasteiger partial charge on any atom is -0.342 e. The van der Waals surface area contributed by atoms with E-state index in [1.165, 1.54) is 6.42 Å². The van der Waals surface area contributed by atoms with E-state index in [9.17, 15) is 9.59 Å². The van der Waals surface area contributed by atoms with Crippen LogP contribution in [-0.4, -0.2) is 49.0 Å². The molecule has 0 aliphatic carbocycles. The van der Waals surface area contributed by atoms with Crippen molar-refractivity contribution in [3.63, 3.8) is 0 Å². The Bertz CT molecular complexity index is 1150. The minimum atomic E-state index is -0.158. The van der Waals surface area contributed by atoms with Crippen LogP contribution in [0.4, 0.5) is 0 Å². The molecule has 1 saturated heterocycles. The van der Waals surface area contributed by atoms with E-state index >= 15 is 0 Å². The summed E-state index contributed by atoms with van der Waals surface area (Å²) in [4.78, 5) is 33.0. The zero-order valence-electron chi connectivity index (χ0n) is 17.2. The SMILES string of the molecule is CC1CC(C)CN(C(=O)CC2CSc3nc4c(cnn4-c4ccccc4)c(=O)n32)C1. The molecule has 1 aromatic carbocycles. The fourth-order valence-corrected chi connectivity index (χ4v) is 5.87. The predicted octanol–water partition coefficient (Wildman–Crippen LogP) is 3.12. The van der Waals surface area contributed by atoms with Gasteiger partial charge in [-0.1, -0.05) is 43.8 Å². The van der Waals surface area contributed by atoms with Crippen molar-refractivity contribution in [1.29, 1.82) is 0 Å². The van der Waals surface area contributed by atoms with Crippen molar-refractivity contribution in [2.75, 3.05) is 18.8 Å². The Morgan fingerprint density at radius 3 is 2.63 bits per heavy atom. The lowest BCUT2D eigenvalue weighted by atomic mass is 9.91. The van der Waals surface area contributed by atoms with Gasteiger partial charge >= 0.3 is 0 Å². The molecule has 8 heteroatoms. The molecule has 1 amide bonds. The molecule has 2 aliphatic heterocycles. The standard InChI is InChI=1S/C22H25N5O2S/c1-14-8-15(2)12-25(11-14)19(28)9-17-13-30-22-24-20-18(21(29)26(17)22)10-23-27(20)16-6-4-3-5-7-16/h3-7,10,14-15,17H,8-9,11-13H2,1-2H3. The first-order valence-corrected chi connectivity index (χ1v) is 11.5. The number of aromatic nitrogens is 4. The summed E-state index contributed by atoms with van der Waals surface area (Å²) in [6, 6.07) is 9.53. The highest BCUT2D eigenvalue weighted by molar-refractivity contribution is 7.99. The number of hydrogen-bond acceptors (Lipinski definition) is 5. The first-order valence-electron chi connectivity index (χ1n) is 10.5. The molecule has 0 N–H and O–H groups in total. The van der Waals surface area contributed by atoms with Crippen LogP contribution in [0, 0.1) is 11.8 Å². The highest BCUT2D eigenvalue weighted by Gasteiger charge is 2.32. The quantitative estimate of drug-likeness (QED) is 0.605.